The van der Waals surface area contributed by atoms with Gasteiger partial charge in [0, 0.05) is 29.8 Å². The Hall–Kier alpha value is -4.52. The highest BCUT2D eigenvalue weighted by molar-refractivity contribution is 6.01. The number of rotatable bonds is 9. The van der Waals surface area contributed by atoms with Crippen molar-refractivity contribution in [2.24, 2.45) is 0 Å². The fraction of sp³-hybridized carbons (Fsp3) is 0.276. The first-order valence-corrected chi connectivity index (χ1v) is 12.3. The van der Waals surface area contributed by atoms with Crippen LogP contribution in [0.4, 0.5) is 13.2 Å². The molecule has 202 valence electrons. The maximum absolute atomic E-state index is 13.2. The van der Waals surface area contributed by atoms with Crippen molar-refractivity contribution in [1.82, 2.24) is 9.55 Å². The second-order valence-corrected chi connectivity index (χ2v) is 8.87. The van der Waals surface area contributed by atoms with Gasteiger partial charge in [0.05, 0.1) is 29.9 Å². The van der Waals surface area contributed by atoms with Crippen molar-refractivity contribution in [3.8, 4) is 29.1 Å². The van der Waals surface area contributed by atoms with Crippen molar-refractivity contribution in [2.45, 2.75) is 45.9 Å². The summed E-state index contributed by atoms with van der Waals surface area (Å²) >= 11 is 0. The summed E-state index contributed by atoms with van der Waals surface area (Å²) in [6, 6.07) is 16.5. The summed E-state index contributed by atoms with van der Waals surface area (Å²) in [6.07, 6.45) is -3.39. The highest BCUT2D eigenvalue weighted by atomic mass is 19.4. The maximum atomic E-state index is 13.2. The fourth-order valence-electron chi connectivity index (χ4n) is 4.19. The Morgan fingerprint density at radius 2 is 1.79 bits per heavy atom. The second-order valence-electron chi connectivity index (χ2n) is 8.87. The Kier molecular flexibility index (Phi) is 8.10. The fourth-order valence-corrected chi connectivity index (χ4v) is 4.19. The maximum Gasteiger partial charge on any atom is 0.417 e. The highest BCUT2D eigenvalue weighted by Crippen LogP contribution is 2.36. The average Bonchev–Trinajstić information content (AvgIpc) is 3.21. The number of fused-ring (bicyclic) bond motifs is 1. The number of benzene rings is 2. The number of halogens is 3. The number of aromatic nitrogens is 2. The van der Waals surface area contributed by atoms with Crippen LogP contribution in [0.5, 0.6) is 17.4 Å². The number of pyridine rings is 1. The molecule has 10 heteroatoms. The number of aryl methyl sites for hydroxylation is 1. The Morgan fingerprint density at radius 1 is 1.08 bits per heavy atom. The van der Waals surface area contributed by atoms with Gasteiger partial charge in [-0.15, -0.1) is 0 Å². The van der Waals surface area contributed by atoms with E-state index >= 15 is 0 Å². The van der Waals surface area contributed by atoms with Crippen LogP contribution in [0.1, 0.15) is 48.8 Å². The molecule has 0 spiro atoms. The lowest BCUT2D eigenvalue weighted by Gasteiger charge is -2.14. The van der Waals surface area contributed by atoms with Gasteiger partial charge in [0.25, 0.3) is 0 Å². The van der Waals surface area contributed by atoms with Crippen molar-refractivity contribution < 1.29 is 32.2 Å². The first kappa shape index (κ1) is 27.5. The van der Waals surface area contributed by atoms with Crippen LogP contribution in [0.25, 0.3) is 16.6 Å². The minimum absolute atomic E-state index is 0.00601. The molecule has 0 saturated carbocycles. The van der Waals surface area contributed by atoms with E-state index in [4.69, 9.17) is 14.2 Å². The van der Waals surface area contributed by atoms with Crippen molar-refractivity contribution >= 4 is 16.9 Å². The summed E-state index contributed by atoms with van der Waals surface area (Å²) in [5, 5.41) is 9.93. The molecule has 0 radical (unpaired) electrons. The summed E-state index contributed by atoms with van der Waals surface area (Å²) in [6.45, 7) is 5.72. The van der Waals surface area contributed by atoms with Crippen LogP contribution in [0.3, 0.4) is 0 Å². The molecule has 0 amide bonds. The van der Waals surface area contributed by atoms with Gasteiger partial charge in [-0.05, 0) is 81.3 Å². The molecule has 0 bridgehead atoms. The number of hydrogen-bond acceptors (Lipinski definition) is 6. The number of alkyl halides is 3. The largest absolute Gasteiger partial charge is 0.491 e. The molecule has 0 atom stereocenters. The van der Waals surface area contributed by atoms with Gasteiger partial charge >= 0.3 is 12.1 Å². The molecule has 4 rings (SSSR count). The van der Waals surface area contributed by atoms with Crippen LogP contribution < -0.4 is 9.47 Å². The molecule has 0 aliphatic heterocycles. The minimum Gasteiger partial charge on any atom is -0.491 e. The molecule has 2 aromatic heterocycles. The summed E-state index contributed by atoms with van der Waals surface area (Å²) in [4.78, 5) is 17.0. The molecule has 0 N–H and O–H groups in total. The highest BCUT2D eigenvalue weighted by Gasteiger charge is 2.31. The predicted molar refractivity (Wildman–Crippen MR) is 138 cm³/mol. The molecular formula is C29H26F3N3O4. The zero-order valence-electron chi connectivity index (χ0n) is 21.6. The van der Waals surface area contributed by atoms with Crippen LogP contribution in [-0.2, 0) is 17.3 Å². The average molecular weight is 538 g/mol. The summed E-state index contributed by atoms with van der Waals surface area (Å²) in [5.74, 6) is 0.413. The van der Waals surface area contributed by atoms with Gasteiger partial charge < -0.3 is 18.8 Å². The van der Waals surface area contributed by atoms with Gasteiger partial charge in [0.15, 0.2) is 0 Å². The third kappa shape index (κ3) is 6.14. The molecule has 2 heterocycles. The monoisotopic (exact) mass is 537 g/mol. The molecule has 2 aromatic carbocycles. The van der Waals surface area contributed by atoms with Crippen molar-refractivity contribution in [1.29, 1.82) is 5.26 Å². The quantitative estimate of drug-likeness (QED) is 0.209. The number of nitriles is 1. The molecule has 0 saturated heterocycles. The standard InChI is InChI=1S/C29H26F3N3O4/c1-4-37-28(36)27-23(6-5-15-33)24-16-22(39-26-14-7-19(17-34-26)29(30,31)32)12-13-25(24)35(27)20-8-10-21(11-9-20)38-18(2)3/h7-14,16-18H,4-6H2,1-3H3. The first-order valence-electron chi connectivity index (χ1n) is 12.3. The van der Waals surface area contributed by atoms with Crippen molar-refractivity contribution in [2.75, 3.05) is 6.61 Å². The van der Waals surface area contributed by atoms with E-state index < -0.39 is 17.7 Å². The summed E-state index contributed by atoms with van der Waals surface area (Å²) in [5.41, 5.74) is 1.34. The Balaban J connectivity index is 1.83. The third-order valence-corrected chi connectivity index (χ3v) is 5.75. The van der Waals surface area contributed by atoms with E-state index in [2.05, 4.69) is 11.1 Å². The van der Waals surface area contributed by atoms with Crippen LogP contribution in [0, 0.1) is 11.3 Å². The normalized spacial score (nSPS) is 11.4. The zero-order chi connectivity index (χ0) is 28.2. The van der Waals surface area contributed by atoms with Gasteiger partial charge in [0.1, 0.15) is 17.2 Å². The lowest BCUT2D eigenvalue weighted by atomic mass is 10.1. The molecule has 39 heavy (non-hydrogen) atoms. The number of nitrogens with zero attached hydrogens (tertiary/aromatic N) is 3. The van der Waals surface area contributed by atoms with Gasteiger partial charge in [-0.2, -0.15) is 18.4 Å². The summed E-state index contributed by atoms with van der Waals surface area (Å²) < 4.78 is 57.3. The molecule has 7 nitrogen and oxygen atoms in total. The van der Waals surface area contributed by atoms with E-state index in [0.29, 0.717) is 39.8 Å². The van der Waals surface area contributed by atoms with E-state index in [-0.39, 0.29) is 37.1 Å². The van der Waals surface area contributed by atoms with Crippen LogP contribution in [-0.4, -0.2) is 28.2 Å². The molecule has 0 aliphatic carbocycles. The van der Waals surface area contributed by atoms with Crippen LogP contribution in [0.15, 0.2) is 60.8 Å². The molecule has 0 fully saturated rings. The summed E-state index contributed by atoms with van der Waals surface area (Å²) in [7, 11) is 0. The first-order chi connectivity index (χ1) is 18.6. The van der Waals surface area contributed by atoms with Gasteiger partial charge in [0.2, 0.25) is 5.88 Å². The number of carbonyl (C=O) groups excluding carboxylic acids is 1. The van der Waals surface area contributed by atoms with Gasteiger partial charge in [-0.25, -0.2) is 9.78 Å². The Bertz CT molecular complexity index is 1500. The lowest BCUT2D eigenvalue weighted by Crippen LogP contribution is -2.13. The smallest absolute Gasteiger partial charge is 0.417 e. The number of esters is 1. The zero-order valence-corrected chi connectivity index (χ0v) is 21.6. The minimum atomic E-state index is -4.51. The van der Waals surface area contributed by atoms with Crippen molar-refractivity contribution in [3.63, 3.8) is 0 Å². The SMILES string of the molecule is CCOC(=O)c1c(CCC#N)c2cc(Oc3ccc(C(F)(F)F)cn3)ccc2n1-c1ccc(OC(C)C)cc1. The van der Waals surface area contributed by atoms with Gasteiger partial charge in [-0.1, -0.05) is 0 Å². The van der Waals surface area contributed by atoms with Gasteiger partial charge in [-0.3, -0.25) is 0 Å². The third-order valence-electron chi connectivity index (χ3n) is 5.75. The van der Waals surface area contributed by atoms with Crippen molar-refractivity contribution in [3.05, 3.63) is 77.6 Å². The van der Waals surface area contributed by atoms with Crippen LogP contribution >= 0.6 is 0 Å². The lowest BCUT2D eigenvalue weighted by molar-refractivity contribution is -0.137. The Labute approximate surface area is 223 Å². The van der Waals surface area contributed by atoms with E-state index in [1.165, 1.54) is 0 Å². The Morgan fingerprint density at radius 3 is 2.38 bits per heavy atom. The molecule has 0 unspecified atom stereocenters. The number of hydrogen-bond donors (Lipinski definition) is 0. The van der Waals surface area contributed by atoms with E-state index in [0.717, 1.165) is 12.1 Å². The molecule has 4 aromatic rings. The predicted octanol–water partition coefficient (Wildman–Crippen LogP) is 7.26. The number of ether oxygens (including phenoxy) is 3. The van der Waals surface area contributed by atoms with E-state index in [1.807, 2.05) is 26.0 Å². The topological polar surface area (TPSA) is 86.4 Å². The number of carbonyl (C=O) groups is 1. The van der Waals surface area contributed by atoms with Crippen LogP contribution in [0.2, 0.25) is 0 Å². The molecular weight excluding hydrogens is 511 g/mol. The second kappa shape index (κ2) is 11.5. The van der Waals surface area contributed by atoms with E-state index in [9.17, 15) is 23.2 Å². The van der Waals surface area contributed by atoms with E-state index in [1.54, 1.807) is 41.8 Å². The molecule has 0 aliphatic rings.